The highest BCUT2D eigenvalue weighted by molar-refractivity contribution is 5.48. The van der Waals surface area contributed by atoms with Crippen LogP contribution in [0.5, 0.6) is 0 Å². The lowest BCUT2D eigenvalue weighted by Crippen LogP contribution is -2.45. The minimum Gasteiger partial charge on any atom is -0.312 e. The first-order valence-electron chi connectivity index (χ1n) is 7.56. The molecule has 2 heteroatoms. The van der Waals surface area contributed by atoms with Crippen molar-refractivity contribution in [1.29, 1.82) is 0 Å². The average molecular weight is 258 g/mol. The lowest BCUT2D eigenvalue weighted by Gasteiger charge is -2.34. The van der Waals surface area contributed by atoms with Crippen molar-refractivity contribution in [3.05, 3.63) is 42.0 Å². The lowest BCUT2D eigenvalue weighted by atomic mass is 10.0. The summed E-state index contributed by atoms with van der Waals surface area (Å²) in [4.78, 5) is 2.61. The summed E-state index contributed by atoms with van der Waals surface area (Å²) in [6.45, 7) is 6.82. The number of nitrogens with zero attached hydrogens (tertiary/aromatic N) is 1. The summed E-state index contributed by atoms with van der Waals surface area (Å²) in [5.74, 6) is 0. The predicted molar refractivity (Wildman–Crippen MR) is 83.2 cm³/mol. The van der Waals surface area contributed by atoms with Gasteiger partial charge in [-0.2, -0.15) is 0 Å². The molecule has 1 aromatic carbocycles. The molecular formula is C17H26N2. The van der Waals surface area contributed by atoms with Gasteiger partial charge in [0.15, 0.2) is 0 Å². The summed E-state index contributed by atoms with van der Waals surface area (Å²) in [5.41, 5.74) is 1.28. The number of hydrogen-bond donors (Lipinski definition) is 1. The molecule has 0 radical (unpaired) electrons. The Labute approximate surface area is 117 Å². The molecule has 0 aromatic heterocycles. The summed E-state index contributed by atoms with van der Waals surface area (Å²) >= 11 is 0. The largest absolute Gasteiger partial charge is 0.312 e. The van der Waals surface area contributed by atoms with Crippen LogP contribution in [-0.4, -0.2) is 37.1 Å². The van der Waals surface area contributed by atoms with Crippen molar-refractivity contribution < 1.29 is 0 Å². The molecule has 1 aliphatic heterocycles. The molecule has 1 unspecified atom stereocenters. The van der Waals surface area contributed by atoms with Crippen molar-refractivity contribution in [3.8, 4) is 0 Å². The fraction of sp³-hybridized carbons (Fsp3) is 0.529. The zero-order valence-electron chi connectivity index (χ0n) is 12.0. The fourth-order valence-electron chi connectivity index (χ4n) is 2.80. The zero-order valence-corrected chi connectivity index (χ0v) is 12.0. The van der Waals surface area contributed by atoms with E-state index in [9.17, 15) is 0 Å². The Kier molecular flexibility index (Phi) is 6.12. The van der Waals surface area contributed by atoms with E-state index in [1.165, 1.54) is 37.9 Å². The van der Waals surface area contributed by atoms with Crippen LogP contribution in [0.25, 0.3) is 6.08 Å². The summed E-state index contributed by atoms with van der Waals surface area (Å²) in [6, 6.07) is 11.2. The van der Waals surface area contributed by atoms with E-state index in [-0.39, 0.29) is 0 Å². The van der Waals surface area contributed by atoms with Gasteiger partial charge in [0.1, 0.15) is 0 Å². The van der Waals surface area contributed by atoms with Crippen LogP contribution in [0.3, 0.4) is 0 Å². The van der Waals surface area contributed by atoms with Gasteiger partial charge in [0, 0.05) is 19.1 Å². The van der Waals surface area contributed by atoms with Crippen molar-refractivity contribution in [2.75, 3.05) is 26.2 Å². The molecule has 1 aromatic rings. The van der Waals surface area contributed by atoms with E-state index in [0.717, 1.165) is 19.1 Å². The van der Waals surface area contributed by atoms with Crippen molar-refractivity contribution in [3.63, 3.8) is 0 Å². The third-order valence-corrected chi connectivity index (χ3v) is 3.91. The van der Waals surface area contributed by atoms with Crippen LogP contribution in [0.15, 0.2) is 36.4 Å². The quantitative estimate of drug-likeness (QED) is 0.789. The van der Waals surface area contributed by atoms with Gasteiger partial charge in [0.25, 0.3) is 0 Å². The molecule has 19 heavy (non-hydrogen) atoms. The van der Waals surface area contributed by atoms with Crippen LogP contribution >= 0.6 is 0 Å². The number of piperidine rings is 1. The van der Waals surface area contributed by atoms with E-state index >= 15 is 0 Å². The minimum atomic E-state index is 0.740. The molecule has 0 aliphatic carbocycles. The van der Waals surface area contributed by atoms with Crippen molar-refractivity contribution in [2.45, 2.75) is 32.2 Å². The van der Waals surface area contributed by atoms with Crippen LogP contribution < -0.4 is 5.32 Å². The third-order valence-electron chi connectivity index (χ3n) is 3.91. The topological polar surface area (TPSA) is 15.3 Å². The standard InChI is InChI=1S/C17H26N2/c1-2-19-14-7-6-12-17(19)15-18-13-8-11-16-9-4-3-5-10-16/h3-5,8-11,17-18H,2,6-7,12-15H2,1H3. The molecule has 0 spiro atoms. The molecule has 0 bridgehead atoms. The predicted octanol–water partition coefficient (Wildman–Crippen LogP) is 3.16. The highest BCUT2D eigenvalue weighted by atomic mass is 15.2. The molecule has 1 aliphatic rings. The smallest absolute Gasteiger partial charge is 0.0220 e. The Balaban J connectivity index is 1.67. The average Bonchev–Trinajstić information content (AvgIpc) is 2.48. The summed E-state index contributed by atoms with van der Waals surface area (Å²) in [5, 5.41) is 3.56. The number of likely N-dealkylation sites (tertiary alicyclic amines) is 1. The second kappa shape index (κ2) is 8.13. The van der Waals surface area contributed by atoms with Crippen LogP contribution in [0.4, 0.5) is 0 Å². The Morgan fingerprint density at radius 2 is 2.11 bits per heavy atom. The van der Waals surface area contributed by atoms with Gasteiger partial charge in [-0.15, -0.1) is 0 Å². The highest BCUT2D eigenvalue weighted by Crippen LogP contribution is 2.15. The van der Waals surface area contributed by atoms with Crippen molar-refractivity contribution >= 4 is 6.08 Å². The number of hydrogen-bond acceptors (Lipinski definition) is 2. The third kappa shape index (κ3) is 4.81. The summed E-state index contributed by atoms with van der Waals surface area (Å²) in [6.07, 6.45) is 8.52. The second-order valence-electron chi connectivity index (χ2n) is 5.25. The number of likely N-dealkylation sites (N-methyl/N-ethyl adjacent to an activating group) is 1. The van der Waals surface area contributed by atoms with Gasteiger partial charge in [0.2, 0.25) is 0 Å². The van der Waals surface area contributed by atoms with Gasteiger partial charge < -0.3 is 5.32 Å². The molecule has 0 amide bonds. The lowest BCUT2D eigenvalue weighted by molar-refractivity contribution is 0.154. The Morgan fingerprint density at radius 3 is 2.89 bits per heavy atom. The summed E-state index contributed by atoms with van der Waals surface area (Å²) in [7, 11) is 0. The fourth-order valence-corrected chi connectivity index (χ4v) is 2.80. The number of benzene rings is 1. The van der Waals surface area contributed by atoms with E-state index in [1.54, 1.807) is 0 Å². The van der Waals surface area contributed by atoms with Gasteiger partial charge in [0.05, 0.1) is 0 Å². The number of nitrogens with one attached hydrogen (secondary N) is 1. The van der Waals surface area contributed by atoms with E-state index < -0.39 is 0 Å². The van der Waals surface area contributed by atoms with Gasteiger partial charge in [-0.3, -0.25) is 4.90 Å². The molecule has 1 atom stereocenters. The molecule has 2 nitrogen and oxygen atoms in total. The molecular weight excluding hydrogens is 232 g/mol. The van der Waals surface area contributed by atoms with Crippen LogP contribution in [0.2, 0.25) is 0 Å². The maximum absolute atomic E-state index is 3.56. The Bertz CT molecular complexity index is 372. The zero-order chi connectivity index (χ0) is 13.3. The molecule has 1 saturated heterocycles. The van der Waals surface area contributed by atoms with Gasteiger partial charge >= 0.3 is 0 Å². The van der Waals surface area contributed by atoms with E-state index in [4.69, 9.17) is 0 Å². The first-order chi connectivity index (χ1) is 9.40. The Hall–Kier alpha value is -1.12. The van der Waals surface area contributed by atoms with Gasteiger partial charge in [-0.1, -0.05) is 55.8 Å². The second-order valence-corrected chi connectivity index (χ2v) is 5.25. The van der Waals surface area contributed by atoms with Crippen LogP contribution in [0, 0.1) is 0 Å². The van der Waals surface area contributed by atoms with E-state index in [2.05, 4.69) is 59.6 Å². The SMILES string of the molecule is CCN1CCCCC1CNCC=Cc1ccccc1. The molecule has 0 saturated carbocycles. The number of rotatable bonds is 6. The van der Waals surface area contributed by atoms with Crippen molar-refractivity contribution in [1.82, 2.24) is 10.2 Å². The molecule has 1 fully saturated rings. The molecule has 1 heterocycles. The van der Waals surface area contributed by atoms with E-state index in [0.29, 0.717) is 0 Å². The maximum atomic E-state index is 3.56. The van der Waals surface area contributed by atoms with Crippen LogP contribution in [0.1, 0.15) is 31.7 Å². The normalized spacial score (nSPS) is 21.0. The maximum Gasteiger partial charge on any atom is 0.0220 e. The van der Waals surface area contributed by atoms with Gasteiger partial charge in [-0.25, -0.2) is 0 Å². The Morgan fingerprint density at radius 1 is 1.26 bits per heavy atom. The highest BCUT2D eigenvalue weighted by Gasteiger charge is 2.19. The molecule has 1 N–H and O–H groups in total. The summed E-state index contributed by atoms with van der Waals surface area (Å²) < 4.78 is 0. The van der Waals surface area contributed by atoms with Crippen LogP contribution in [-0.2, 0) is 0 Å². The molecule has 2 rings (SSSR count). The monoisotopic (exact) mass is 258 g/mol. The molecule has 104 valence electrons. The first kappa shape index (κ1) is 14.3. The first-order valence-corrected chi connectivity index (χ1v) is 7.56. The van der Waals surface area contributed by atoms with E-state index in [1.807, 2.05) is 0 Å². The minimum absolute atomic E-state index is 0.740. The van der Waals surface area contributed by atoms with Gasteiger partial charge in [-0.05, 0) is 31.5 Å². The van der Waals surface area contributed by atoms with Crippen molar-refractivity contribution in [2.24, 2.45) is 0 Å².